The van der Waals surface area contributed by atoms with Crippen molar-refractivity contribution in [2.75, 3.05) is 13.4 Å². The maximum Gasteiger partial charge on any atom is 0.255 e. The molecule has 2 N–H and O–H groups in total. The lowest BCUT2D eigenvalue weighted by Crippen LogP contribution is -2.40. The molecule has 7 heteroatoms. The molecule has 0 aliphatic heterocycles. The number of amides is 1. The molecule has 0 saturated carbocycles. The first-order chi connectivity index (χ1) is 13.2. The second kappa shape index (κ2) is 7.67. The van der Waals surface area contributed by atoms with Crippen LogP contribution in [0.2, 0.25) is 0 Å². The van der Waals surface area contributed by atoms with Crippen LogP contribution in [0.15, 0.2) is 41.6 Å². The van der Waals surface area contributed by atoms with Crippen molar-refractivity contribution in [3.8, 4) is 22.8 Å². The van der Waals surface area contributed by atoms with E-state index in [1.54, 1.807) is 19.2 Å². The Morgan fingerprint density at radius 1 is 1.18 bits per heavy atom. The van der Waals surface area contributed by atoms with Gasteiger partial charge in [0.2, 0.25) is 0 Å². The van der Waals surface area contributed by atoms with E-state index in [1.165, 1.54) is 11.8 Å². The highest BCUT2D eigenvalue weighted by Crippen LogP contribution is 2.37. The van der Waals surface area contributed by atoms with Gasteiger partial charge in [-0.3, -0.25) is 4.79 Å². The number of methoxy groups -OCH3 is 1. The van der Waals surface area contributed by atoms with Crippen LogP contribution in [0.4, 0.5) is 0 Å². The maximum absolute atomic E-state index is 12.7. The van der Waals surface area contributed by atoms with Crippen LogP contribution in [-0.4, -0.2) is 39.9 Å². The molecule has 0 unspecified atom stereocenters. The minimum absolute atomic E-state index is 0.135. The van der Waals surface area contributed by atoms with Crippen molar-refractivity contribution in [1.29, 1.82) is 0 Å². The number of thioether (sulfide) groups is 1. The zero-order chi connectivity index (χ0) is 20.5. The van der Waals surface area contributed by atoms with Crippen molar-refractivity contribution in [3.05, 3.63) is 42.0 Å². The van der Waals surface area contributed by atoms with E-state index in [0.717, 1.165) is 5.56 Å². The SMILES string of the molecule is COc1cccc(-c2nc(SC)nc3ccc(C(=O)NC(C)(C)C)c(O)c23)c1. The molecule has 0 spiro atoms. The third-order valence-corrected chi connectivity index (χ3v) is 4.62. The minimum atomic E-state index is -0.423. The fourth-order valence-corrected chi connectivity index (χ4v) is 3.22. The Bertz CT molecular complexity index is 1040. The first-order valence-electron chi connectivity index (χ1n) is 8.78. The van der Waals surface area contributed by atoms with Crippen LogP contribution in [0.3, 0.4) is 0 Å². The zero-order valence-electron chi connectivity index (χ0n) is 16.5. The summed E-state index contributed by atoms with van der Waals surface area (Å²) in [5.41, 5.74) is 1.66. The molecule has 146 valence electrons. The lowest BCUT2D eigenvalue weighted by molar-refractivity contribution is 0.0917. The number of carbonyl (C=O) groups is 1. The predicted molar refractivity (Wildman–Crippen MR) is 112 cm³/mol. The summed E-state index contributed by atoms with van der Waals surface area (Å²) in [6.45, 7) is 5.66. The minimum Gasteiger partial charge on any atom is -0.506 e. The highest BCUT2D eigenvalue weighted by atomic mass is 32.2. The van der Waals surface area contributed by atoms with Crippen molar-refractivity contribution in [1.82, 2.24) is 15.3 Å². The number of fused-ring (bicyclic) bond motifs is 1. The molecule has 0 radical (unpaired) electrons. The van der Waals surface area contributed by atoms with Crippen LogP contribution in [0, 0.1) is 0 Å². The molecule has 1 aromatic heterocycles. The molecule has 2 aromatic carbocycles. The molecule has 3 aromatic rings. The number of nitrogens with one attached hydrogen (secondary N) is 1. The molecule has 0 atom stereocenters. The molecule has 1 amide bonds. The normalized spacial score (nSPS) is 11.5. The van der Waals surface area contributed by atoms with Crippen molar-refractivity contribution >= 4 is 28.6 Å². The Morgan fingerprint density at radius 3 is 2.57 bits per heavy atom. The van der Waals surface area contributed by atoms with Gasteiger partial charge >= 0.3 is 0 Å². The van der Waals surface area contributed by atoms with Crippen LogP contribution in [0.5, 0.6) is 11.5 Å². The quantitative estimate of drug-likeness (QED) is 0.505. The molecule has 0 aliphatic rings. The van der Waals surface area contributed by atoms with E-state index in [9.17, 15) is 9.90 Å². The third kappa shape index (κ3) is 4.04. The van der Waals surface area contributed by atoms with E-state index < -0.39 is 5.54 Å². The van der Waals surface area contributed by atoms with Gasteiger partial charge in [0.1, 0.15) is 11.5 Å². The molecule has 1 heterocycles. The fraction of sp³-hybridized carbons (Fsp3) is 0.286. The van der Waals surface area contributed by atoms with E-state index in [1.807, 2.05) is 51.3 Å². The summed E-state index contributed by atoms with van der Waals surface area (Å²) < 4.78 is 5.32. The number of ether oxygens (including phenoxy) is 1. The van der Waals surface area contributed by atoms with Crippen LogP contribution < -0.4 is 10.1 Å². The first-order valence-corrected chi connectivity index (χ1v) is 10.0. The number of phenolic OH excluding ortho intramolecular Hbond substituents is 1. The van der Waals surface area contributed by atoms with Crippen LogP contribution in [0.1, 0.15) is 31.1 Å². The third-order valence-electron chi connectivity index (χ3n) is 4.08. The summed E-state index contributed by atoms with van der Waals surface area (Å²) in [5, 5.41) is 14.9. The summed E-state index contributed by atoms with van der Waals surface area (Å²) in [7, 11) is 1.59. The van der Waals surface area contributed by atoms with Gasteiger partial charge in [0.05, 0.1) is 29.3 Å². The summed E-state index contributed by atoms with van der Waals surface area (Å²) in [6, 6.07) is 10.7. The number of hydrogen-bond donors (Lipinski definition) is 2. The van der Waals surface area contributed by atoms with Crippen LogP contribution in [-0.2, 0) is 0 Å². The van der Waals surface area contributed by atoms with E-state index >= 15 is 0 Å². The molecular formula is C21H23N3O3S. The van der Waals surface area contributed by atoms with Crippen LogP contribution >= 0.6 is 11.8 Å². The number of aromatic hydroxyl groups is 1. The number of nitrogens with zero attached hydrogens (tertiary/aromatic N) is 2. The zero-order valence-corrected chi connectivity index (χ0v) is 17.3. The van der Waals surface area contributed by atoms with Gasteiger partial charge in [-0.1, -0.05) is 23.9 Å². The standard InChI is InChI=1S/C21H23N3O3S/c1-21(2,3)24-19(26)14-9-10-15-16(18(14)25)17(23-20(22-15)28-5)12-7-6-8-13(11-12)27-4/h6-11,25H,1-5H3,(H,24,26). The van der Waals surface area contributed by atoms with Gasteiger partial charge in [-0.15, -0.1) is 0 Å². The number of benzene rings is 2. The van der Waals surface area contributed by atoms with Gasteiger partial charge < -0.3 is 15.2 Å². The Hall–Kier alpha value is -2.80. The largest absolute Gasteiger partial charge is 0.506 e. The lowest BCUT2D eigenvalue weighted by atomic mass is 10.0. The molecule has 0 bridgehead atoms. The van der Waals surface area contributed by atoms with Crippen LogP contribution in [0.25, 0.3) is 22.2 Å². The molecule has 0 fully saturated rings. The van der Waals surface area contributed by atoms with Gasteiger partial charge in [-0.25, -0.2) is 9.97 Å². The average Bonchev–Trinajstić information content (AvgIpc) is 2.65. The molecule has 28 heavy (non-hydrogen) atoms. The fourth-order valence-electron chi connectivity index (χ4n) is 2.85. The summed E-state index contributed by atoms with van der Waals surface area (Å²) >= 11 is 1.41. The summed E-state index contributed by atoms with van der Waals surface area (Å²) in [5.74, 6) is 0.193. The van der Waals surface area contributed by atoms with E-state index in [-0.39, 0.29) is 17.2 Å². The molecule has 0 aliphatic carbocycles. The van der Waals surface area contributed by atoms with Crippen molar-refractivity contribution < 1.29 is 14.6 Å². The topological polar surface area (TPSA) is 84.3 Å². The maximum atomic E-state index is 12.7. The Morgan fingerprint density at radius 2 is 1.93 bits per heavy atom. The van der Waals surface area contributed by atoms with Gasteiger partial charge in [0.25, 0.3) is 5.91 Å². The van der Waals surface area contributed by atoms with Gasteiger partial charge in [0, 0.05) is 11.1 Å². The first kappa shape index (κ1) is 19.9. The Balaban J connectivity index is 2.26. The predicted octanol–water partition coefficient (Wildman–Crippen LogP) is 4.26. The van der Waals surface area contributed by atoms with Gasteiger partial charge in [-0.05, 0) is 51.3 Å². The number of phenols is 1. The number of rotatable bonds is 4. The second-order valence-electron chi connectivity index (χ2n) is 7.35. The Labute approximate surface area is 168 Å². The highest BCUT2D eigenvalue weighted by molar-refractivity contribution is 7.98. The number of hydrogen-bond acceptors (Lipinski definition) is 6. The van der Waals surface area contributed by atoms with Gasteiger partial charge in [0.15, 0.2) is 5.16 Å². The van der Waals surface area contributed by atoms with E-state index in [4.69, 9.17) is 4.74 Å². The highest BCUT2D eigenvalue weighted by Gasteiger charge is 2.22. The smallest absolute Gasteiger partial charge is 0.255 e. The van der Waals surface area contributed by atoms with Crippen molar-refractivity contribution in [2.45, 2.75) is 31.5 Å². The van der Waals surface area contributed by atoms with Crippen molar-refractivity contribution in [2.24, 2.45) is 0 Å². The van der Waals surface area contributed by atoms with E-state index in [0.29, 0.717) is 27.5 Å². The molecule has 0 saturated heterocycles. The second-order valence-corrected chi connectivity index (χ2v) is 8.12. The molecular weight excluding hydrogens is 374 g/mol. The van der Waals surface area contributed by atoms with Gasteiger partial charge in [-0.2, -0.15) is 0 Å². The average molecular weight is 398 g/mol. The van der Waals surface area contributed by atoms with Crippen molar-refractivity contribution in [3.63, 3.8) is 0 Å². The number of carbonyl (C=O) groups excluding carboxylic acids is 1. The molecule has 6 nitrogen and oxygen atoms in total. The monoisotopic (exact) mass is 397 g/mol. The molecule has 3 rings (SSSR count). The lowest BCUT2D eigenvalue weighted by Gasteiger charge is -2.21. The van der Waals surface area contributed by atoms with E-state index in [2.05, 4.69) is 15.3 Å². The summed E-state index contributed by atoms with van der Waals surface area (Å²) in [4.78, 5) is 21.8. The Kier molecular flexibility index (Phi) is 5.47. The summed E-state index contributed by atoms with van der Waals surface area (Å²) in [6.07, 6.45) is 1.89. The number of aromatic nitrogens is 2.